The van der Waals surface area contributed by atoms with E-state index in [1.165, 1.54) is 31.0 Å². The maximum Gasteiger partial charge on any atom is 0.233 e. The fraction of sp³-hybridized carbons (Fsp3) is 0.375. The SMILES string of the molecule is COc1cccc(-c2nnc(SCC(=O)N3CCCCCCC3)n2-c2ccccc2)c1. The number of amides is 1. The number of aromatic nitrogens is 3. The maximum atomic E-state index is 12.9. The van der Waals surface area contributed by atoms with E-state index in [9.17, 15) is 4.79 Å². The number of likely N-dealkylation sites (tertiary alicyclic amines) is 1. The molecule has 3 aromatic rings. The Morgan fingerprint density at radius 3 is 2.45 bits per heavy atom. The predicted octanol–water partition coefficient (Wildman–Crippen LogP) is 4.83. The van der Waals surface area contributed by atoms with E-state index in [0.717, 1.165) is 48.8 Å². The molecule has 0 aliphatic carbocycles. The second-order valence-corrected chi connectivity index (χ2v) is 8.59. The Hall–Kier alpha value is -2.80. The van der Waals surface area contributed by atoms with Crippen molar-refractivity contribution in [3.63, 3.8) is 0 Å². The number of hydrogen-bond donors (Lipinski definition) is 0. The second-order valence-electron chi connectivity index (χ2n) is 7.65. The third kappa shape index (κ3) is 5.28. The van der Waals surface area contributed by atoms with Gasteiger partial charge in [0.15, 0.2) is 11.0 Å². The van der Waals surface area contributed by atoms with Crippen molar-refractivity contribution < 1.29 is 9.53 Å². The minimum Gasteiger partial charge on any atom is -0.497 e. The van der Waals surface area contributed by atoms with Crippen LogP contribution >= 0.6 is 11.8 Å². The van der Waals surface area contributed by atoms with Crippen LogP contribution in [0.3, 0.4) is 0 Å². The monoisotopic (exact) mass is 436 g/mol. The van der Waals surface area contributed by atoms with Gasteiger partial charge < -0.3 is 9.64 Å². The van der Waals surface area contributed by atoms with Crippen molar-refractivity contribution in [1.82, 2.24) is 19.7 Å². The number of para-hydroxylation sites is 1. The van der Waals surface area contributed by atoms with Crippen LogP contribution in [0.15, 0.2) is 59.8 Å². The van der Waals surface area contributed by atoms with Gasteiger partial charge in [0.2, 0.25) is 5.91 Å². The Balaban J connectivity index is 1.59. The molecular formula is C24H28N4O2S. The molecule has 0 radical (unpaired) electrons. The van der Waals surface area contributed by atoms with E-state index in [0.29, 0.717) is 10.9 Å². The molecule has 0 N–H and O–H groups in total. The summed E-state index contributed by atoms with van der Waals surface area (Å²) < 4.78 is 7.40. The Morgan fingerprint density at radius 2 is 1.71 bits per heavy atom. The molecule has 0 spiro atoms. The highest BCUT2D eigenvalue weighted by atomic mass is 32.2. The van der Waals surface area contributed by atoms with E-state index in [1.54, 1.807) is 7.11 Å². The van der Waals surface area contributed by atoms with Gasteiger partial charge in [-0.3, -0.25) is 9.36 Å². The molecule has 1 aromatic heterocycles. The summed E-state index contributed by atoms with van der Waals surface area (Å²) in [5.74, 6) is 2.04. The lowest BCUT2D eigenvalue weighted by molar-refractivity contribution is -0.128. The number of methoxy groups -OCH3 is 1. The Bertz CT molecular complexity index is 998. The van der Waals surface area contributed by atoms with Gasteiger partial charge in [0, 0.05) is 24.3 Å². The normalized spacial score (nSPS) is 14.7. The molecule has 1 fully saturated rings. The van der Waals surface area contributed by atoms with E-state index in [-0.39, 0.29) is 5.91 Å². The van der Waals surface area contributed by atoms with E-state index in [1.807, 2.05) is 64.1 Å². The second kappa shape index (κ2) is 10.5. The van der Waals surface area contributed by atoms with Crippen LogP contribution in [-0.2, 0) is 4.79 Å². The smallest absolute Gasteiger partial charge is 0.233 e. The standard InChI is InChI=1S/C24H28N4O2S/c1-30-21-14-10-11-19(17-21)23-25-26-24(28(23)20-12-6-5-7-13-20)31-18-22(29)27-15-8-3-2-4-9-16-27/h5-7,10-14,17H,2-4,8-9,15-16,18H2,1H3. The lowest BCUT2D eigenvalue weighted by Crippen LogP contribution is -2.35. The third-order valence-corrected chi connectivity index (χ3v) is 6.42. The number of ether oxygens (including phenoxy) is 1. The molecule has 1 saturated heterocycles. The molecule has 1 aliphatic heterocycles. The lowest BCUT2D eigenvalue weighted by atomic mass is 10.1. The van der Waals surface area contributed by atoms with Crippen molar-refractivity contribution in [2.24, 2.45) is 0 Å². The first-order valence-electron chi connectivity index (χ1n) is 10.8. The molecule has 2 aromatic carbocycles. The summed E-state index contributed by atoms with van der Waals surface area (Å²) in [5, 5.41) is 9.62. The van der Waals surface area contributed by atoms with Gasteiger partial charge in [0.1, 0.15) is 5.75 Å². The van der Waals surface area contributed by atoms with Gasteiger partial charge in [-0.1, -0.05) is 61.4 Å². The molecule has 0 atom stereocenters. The van der Waals surface area contributed by atoms with Crippen LogP contribution in [0, 0.1) is 0 Å². The molecule has 1 amide bonds. The first-order chi connectivity index (χ1) is 15.3. The molecule has 31 heavy (non-hydrogen) atoms. The Morgan fingerprint density at radius 1 is 0.968 bits per heavy atom. The van der Waals surface area contributed by atoms with Gasteiger partial charge in [-0.15, -0.1) is 10.2 Å². The van der Waals surface area contributed by atoms with Gasteiger partial charge >= 0.3 is 0 Å². The minimum absolute atomic E-state index is 0.178. The zero-order valence-corrected chi connectivity index (χ0v) is 18.7. The number of hydrogen-bond acceptors (Lipinski definition) is 5. The van der Waals surface area contributed by atoms with Gasteiger partial charge in [-0.2, -0.15) is 0 Å². The van der Waals surface area contributed by atoms with Crippen LogP contribution in [0.5, 0.6) is 5.75 Å². The van der Waals surface area contributed by atoms with Gasteiger partial charge in [0.05, 0.1) is 12.9 Å². The van der Waals surface area contributed by atoms with Gasteiger partial charge in [-0.05, 0) is 37.1 Å². The number of carbonyl (C=O) groups is 1. The van der Waals surface area contributed by atoms with Crippen molar-refractivity contribution in [3.05, 3.63) is 54.6 Å². The summed E-state index contributed by atoms with van der Waals surface area (Å²) in [7, 11) is 1.65. The van der Waals surface area contributed by atoms with E-state index < -0.39 is 0 Å². The molecule has 2 heterocycles. The predicted molar refractivity (Wildman–Crippen MR) is 124 cm³/mol. The third-order valence-electron chi connectivity index (χ3n) is 5.51. The van der Waals surface area contributed by atoms with E-state index in [4.69, 9.17) is 4.74 Å². The van der Waals surface area contributed by atoms with Crippen molar-refractivity contribution in [3.8, 4) is 22.8 Å². The van der Waals surface area contributed by atoms with E-state index in [2.05, 4.69) is 10.2 Å². The number of thioether (sulfide) groups is 1. The van der Waals surface area contributed by atoms with Crippen LogP contribution in [0.2, 0.25) is 0 Å². The van der Waals surface area contributed by atoms with Crippen LogP contribution in [0.1, 0.15) is 32.1 Å². The molecule has 6 nitrogen and oxygen atoms in total. The van der Waals surface area contributed by atoms with Crippen molar-refractivity contribution in [1.29, 1.82) is 0 Å². The highest BCUT2D eigenvalue weighted by molar-refractivity contribution is 7.99. The average Bonchev–Trinajstić information content (AvgIpc) is 3.22. The Kier molecular flexibility index (Phi) is 7.25. The minimum atomic E-state index is 0.178. The average molecular weight is 437 g/mol. The number of rotatable bonds is 6. The van der Waals surface area contributed by atoms with Crippen molar-refractivity contribution >= 4 is 17.7 Å². The largest absolute Gasteiger partial charge is 0.497 e. The number of carbonyl (C=O) groups excluding carboxylic acids is 1. The highest BCUT2D eigenvalue weighted by Gasteiger charge is 2.20. The fourth-order valence-corrected chi connectivity index (χ4v) is 4.69. The molecule has 0 bridgehead atoms. The zero-order chi connectivity index (χ0) is 21.5. The zero-order valence-electron chi connectivity index (χ0n) is 17.9. The summed E-state index contributed by atoms with van der Waals surface area (Å²) in [6.07, 6.45) is 5.89. The Labute approximate surface area is 187 Å². The molecule has 7 heteroatoms. The van der Waals surface area contributed by atoms with Crippen LogP contribution in [0.4, 0.5) is 0 Å². The van der Waals surface area contributed by atoms with Gasteiger partial charge in [0.25, 0.3) is 0 Å². The number of benzene rings is 2. The van der Waals surface area contributed by atoms with Gasteiger partial charge in [-0.25, -0.2) is 0 Å². The van der Waals surface area contributed by atoms with Crippen LogP contribution in [-0.4, -0.2) is 51.5 Å². The summed E-state index contributed by atoms with van der Waals surface area (Å²) in [6, 6.07) is 17.8. The topological polar surface area (TPSA) is 60.3 Å². The van der Waals surface area contributed by atoms with Crippen molar-refractivity contribution in [2.45, 2.75) is 37.3 Å². The summed E-state index contributed by atoms with van der Waals surface area (Å²) in [5.41, 5.74) is 1.88. The van der Waals surface area contributed by atoms with E-state index >= 15 is 0 Å². The summed E-state index contributed by atoms with van der Waals surface area (Å²) in [4.78, 5) is 14.9. The summed E-state index contributed by atoms with van der Waals surface area (Å²) >= 11 is 1.45. The molecular weight excluding hydrogens is 408 g/mol. The molecule has 4 rings (SSSR count). The molecule has 1 aliphatic rings. The number of nitrogens with zero attached hydrogens (tertiary/aromatic N) is 4. The lowest BCUT2D eigenvalue weighted by Gasteiger charge is -2.24. The maximum absolute atomic E-state index is 12.9. The van der Waals surface area contributed by atoms with Crippen molar-refractivity contribution in [2.75, 3.05) is 26.0 Å². The molecule has 0 unspecified atom stereocenters. The molecule has 0 saturated carbocycles. The molecule has 162 valence electrons. The summed E-state index contributed by atoms with van der Waals surface area (Å²) in [6.45, 7) is 1.72. The van der Waals surface area contributed by atoms with Crippen LogP contribution < -0.4 is 4.74 Å². The first kappa shape index (κ1) is 21.4. The van der Waals surface area contributed by atoms with Crippen LogP contribution in [0.25, 0.3) is 17.1 Å². The quantitative estimate of drug-likeness (QED) is 0.518. The first-order valence-corrected chi connectivity index (χ1v) is 11.8. The fourth-order valence-electron chi connectivity index (χ4n) is 3.84. The highest BCUT2D eigenvalue weighted by Crippen LogP contribution is 2.30.